The zero-order chi connectivity index (χ0) is 14.0. The molecule has 0 aromatic carbocycles. The first-order valence-electron chi connectivity index (χ1n) is 5.88. The Morgan fingerprint density at radius 3 is 2.74 bits per heavy atom. The molecule has 19 heavy (non-hydrogen) atoms. The summed E-state index contributed by atoms with van der Waals surface area (Å²) in [6.45, 7) is 6.00. The molecule has 0 aliphatic rings. The van der Waals surface area contributed by atoms with Gasteiger partial charge in [-0.1, -0.05) is 0 Å². The third-order valence-corrected chi connectivity index (χ3v) is 2.70. The normalized spacial score (nSPS) is 11.1. The highest BCUT2D eigenvalue weighted by molar-refractivity contribution is 6.03. The Bertz CT molecular complexity index is 625. The number of nitrogens with zero attached hydrogens (tertiary/aromatic N) is 2. The predicted octanol–water partition coefficient (Wildman–Crippen LogP) is 2.96. The second-order valence-electron chi connectivity index (χ2n) is 5.23. The van der Waals surface area contributed by atoms with Crippen LogP contribution >= 0.6 is 0 Å². The molecule has 1 N–H and O–H groups in total. The minimum atomic E-state index is -0.262. The van der Waals surface area contributed by atoms with Gasteiger partial charge in [-0.15, -0.1) is 0 Å². The topological polar surface area (TPSA) is 71.0 Å². The number of amides is 1. The number of nitriles is 1. The average Bonchev–Trinajstić information content (AvgIpc) is 2.96. The van der Waals surface area contributed by atoms with Crippen LogP contribution in [0.2, 0.25) is 0 Å². The van der Waals surface area contributed by atoms with Crippen molar-refractivity contribution in [3.05, 3.63) is 42.0 Å². The van der Waals surface area contributed by atoms with Crippen LogP contribution in [0.3, 0.4) is 0 Å². The van der Waals surface area contributed by atoms with E-state index in [0.29, 0.717) is 16.9 Å². The summed E-state index contributed by atoms with van der Waals surface area (Å²) in [6, 6.07) is 5.32. The molecule has 5 heteroatoms. The number of hydrogen-bond donors (Lipinski definition) is 1. The molecule has 0 aliphatic carbocycles. The molecular formula is C14H15N3O2. The fraction of sp³-hybridized carbons (Fsp3) is 0.286. The first kappa shape index (κ1) is 13.0. The lowest BCUT2D eigenvalue weighted by atomic mass is 10.1. The van der Waals surface area contributed by atoms with Crippen molar-refractivity contribution in [3.63, 3.8) is 0 Å². The maximum atomic E-state index is 12.0. The molecule has 98 valence electrons. The standard InChI is InChI=1S/C14H15N3O2/c1-14(2,3)17-8-10(7-15)6-12(17)16-13(18)11-4-5-19-9-11/h4-6,8-9H,1-3H3,(H,16,18). The Morgan fingerprint density at radius 2 is 2.21 bits per heavy atom. The van der Waals surface area contributed by atoms with E-state index in [-0.39, 0.29) is 11.4 Å². The van der Waals surface area contributed by atoms with Crippen LogP contribution in [-0.4, -0.2) is 10.5 Å². The number of nitrogens with one attached hydrogen (secondary N) is 1. The van der Waals surface area contributed by atoms with E-state index in [1.807, 2.05) is 25.3 Å². The molecule has 0 bridgehead atoms. The summed E-state index contributed by atoms with van der Waals surface area (Å²) < 4.78 is 6.74. The van der Waals surface area contributed by atoms with Gasteiger partial charge in [-0.2, -0.15) is 5.26 Å². The Labute approximate surface area is 111 Å². The van der Waals surface area contributed by atoms with Crippen LogP contribution in [0.4, 0.5) is 5.82 Å². The van der Waals surface area contributed by atoms with Gasteiger partial charge >= 0.3 is 0 Å². The van der Waals surface area contributed by atoms with Gasteiger partial charge in [0, 0.05) is 11.7 Å². The van der Waals surface area contributed by atoms with Crippen molar-refractivity contribution in [1.29, 1.82) is 5.26 Å². The molecule has 0 saturated heterocycles. The predicted molar refractivity (Wildman–Crippen MR) is 70.8 cm³/mol. The van der Waals surface area contributed by atoms with Crippen molar-refractivity contribution in [2.75, 3.05) is 5.32 Å². The first-order valence-corrected chi connectivity index (χ1v) is 5.88. The summed E-state index contributed by atoms with van der Waals surface area (Å²) >= 11 is 0. The van der Waals surface area contributed by atoms with Crippen molar-refractivity contribution in [1.82, 2.24) is 4.57 Å². The van der Waals surface area contributed by atoms with Crippen LogP contribution in [0, 0.1) is 11.3 Å². The lowest BCUT2D eigenvalue weighted by Gasteiger charge is -2.24. The number of carbonyl (C=O) groups excluding carboxylic acids is 1. The molecular weight excluding hydrogens is 242 g/mol. The molecule has 0 spiro atoms. The zero-order valence-electron chi connectivity index (χ0n) is 11.1. The molecule has 0 saturated carbocycles. The Morgan fingerprint density at radius 1 is 1.47 bits per heavy atom. The van der Waals surface area contributed by atoms with E-state index in [4.69, 9.17) is 9.68 Å². The molecule has 0 fully saturated rings. The summed E-state index contributed by atoms with van der Waals surface area (Å²) in [4.78, 5) is 12.0. The number of anilines is 1. The van der Waals surface area contributed by atoms with Crippen molar-refractivity contribution >= 4 is 11.7 Å². The Balaban J connectivity index is 2.32. The smallest absolute Gasteiger partial charge is 0.260 e. The quantitative estimate of drug-likeness (QED) is 0.899. The fourth-order valence-electron chi connectivity index (χ4n) is 1.76. The van der Waals surface area contributed by atoms with Gasteiger partial charge in [0.2, 0.25) is 0 Å². The van der Waals surface area contributed by atoms with Gasteiger partial charge in [0.15, 0.2) is 0 Å². The van der Waals surface area contributed by atoms with Crippen LogP contribution in [-0.2, 0) is 5.54 Å². The SMILES string of the molecule is CC(C)(C)n1cc(C#N)cc1NC(=O)c1ccoc1. The molecule has 5 nitrogen and oxygen atoms in total. The Kier molecular flexibility index (Phi) is 3.17. The van der Waals surface area contributed by atoms with Crippen molar-refractivity contribution in [3.8, 4) is 6.07 Å². The van der Waals surface area contributed by atoms with E-state index >= 15 is 0 Å². The third-order valence-electron chi connectivity index (χ3n) is 2.70. The van der Waals surface area contributed by atoms with E-state index in [1.165, 1.54) is 12.5 Å². The number of aromatic nitrogens is 1. The summed E-state index contributed by atoms with van der Waals surface area (Å²) in [5.41, 5.74) is 0.728. The van der Waals surface area contributed by atoms with Gasteiger partial charge in [0.1, 0.15) is 18.2 Å². The highest BCUT2D eigenvalue weighted by Crippen LogP contribution is 2.24. The molecule has 0 aliphatic heterocycles. The molecule has 2 rings (SSSR count). The highest BCUT2D eigenvalue weighted by Gasteiger charge is 2.19. The second kappa shape index (κ2) is 4.65. The summed E-state index contributed by atoms with van der Waals surface area (Å²) in [5, 5.41) is 11.8. The third kappa shape index (κ3) is 2.68. The summed E-state index contributed by atoms with van der Waals surface area (Å²) in [7, 11) is 0. The largest absolute Gasteiger partial charge is 0.472 e. The zero-order valence-corrected chi connectivity index (χ0v) is 11.1. The molecule has 2 aromatic rings. The number of carbonyl (C=O) groups is 1. The summed E-state index contributed by atoms with van der Waals surface area (Å²) in [5.74, 6) is 0.331. The van der Waals surface area contributed by atoms with Gasteiger partial charge in [-0.05, 0) is 32.9 Å². The van der Waals surface area contributed by atoms with Crippen LogP contribution in [0.1, 0.15) is 36.7 Å². The molecule has 2 heterocycles. The van der Waals surface area contributed by atoms with Crippen LogP contribution in [0.25, 0.3) is 0 Å². The van der Waals surface area contributed by atoms with Crippen molar-refractivity contribution in [2.45, 2.75) is 26.3 Å². The monoisotopic (exact) mass is 257 g/mol. The maximum Gasteiger partial charge on any atom is 0.260 e. The fourth-order valence-corrected chi connectivity index (χ4v) is 1.76. The van der Waals surface area contributed by atoms with Crippen LogP contribution < -0.4 is 5.32 Å². The number of furan rings is 1. The first-order chi connectivity index (χ1) is 8.91. The lowest BCUT2D eigenvalue weighted by molar-refractivity contribution is 0.102. The van der Waals surface area contributed by atoms with Crippen LogP contribution in [0.5, 0.6) is 0 Å². The van der Waals surface area contributed by atoms with E-state index in [0.717, 1.165) is 0 Å². The minimum absolute atomic E-state index is 0.228. The van der Waals surface area contributed by atoms with Gasteiger partial charge in [-0.3, -0.25) is 4.79 Å². The number of rotatable bonds is 2. The van der Waals surface area contributed by atoms with Crippen molar-refractivity contribution < 1.29 is 9.21 Å². The number of hydrogen-bond acceptors (Lipinski definition) is 3. The molecule has 0 radical (unpaired) electrons. The molecule has 0 unspecified atom stereocenters. The van der Waals surface area contributed by atoms with Crippen LogP contribution in [0.15, 0.2) is 35.3 Å². The van der Waals surface area contributed by atoms with E-state index in [1.54, 1.807) is 18.3 Å². The van der Waals surface area contributed by atoms with E-state index in [2.05, 4.69) is 11.4 Å². The van der Waals surface area contributed by atoms with Gasteiger partial charge < -0.3 is 14.3 Å². The second-order valence-corrected chi connectivity index (χ2v) is 5.23. The van der Waals surface area contributed by atoms with Gasteiger partial charge in [-0.25, -0.2) is 0 Å². The average molecular weight is 257 g/mol. The minimum Gasteiger partial charge on any atom is -0.472 e. The lowest BCUT2D eigenvalue weighted by Crippen LogP contribution is -2.24. The van der Waals surface area contributed by atoms with Crippen molar-refractivity contribution in [2.24, 2.45) is 0 Å². The molecule has 1 amide bonds. The Hall–Kier alpha value is -2.48. The maximum absolute atomic E-state index is 12.0. The van der Waals surface area contributed by atoms with E-state index < -0.39 is 0 Å². The van der Waals surface area contributed by atoms with E-state index in [9.17, 15) is 4.79 Å². The highest BCUT2D eigenvalue weighted by atomic mass is 16.3. The van der Waals surface area contributed by atoms with Gasteiger partial charge in [0.05, 0.1) is 17.4 Å². The summed E-state index contributed by atoms with van der Waals surface area (Å²) in [6.07, 6.45) is 4.55. The molecule has 0 atom stereocenters. The molecule has 2 aromatic heterocycles. The van der Waals surface area contributed by atoms with Gasteiger partial charge in [0.25, 0.3) is 5.91 Å².